The van der Waals surface area contributed by atoms with Gasteiger partial charge in [-0.25, -0.2) is 0 Å². The van der Waals surface area contributed by atoms with Gasteiger partial charge in [0.2, 0.25) is 0 Å². The molecule has 0 rings (SSSR count). The van der Waals surface area contributed by atoms with Crippen LogP contribution in [0, 0.1) is 0 Å². The van der Waals surface area contributed by atoms with Gasteiger partial charge in [0.1, 0.15) is 0 Å². The first-order chi connectivity index (χ1) is 7.11. The minimum absolute atomic E-state index is 0. The smallest absolute Gasteiger partial charge is 0.300 e. The molecule has 0 bridgehead atoms. The molecular weight excluding hydrogens is 279 g/mol. The van der Waals surface area contributed by atoms with Crippen LogP contribution >= 0.6 is 0 Å². The molecule has 0 radical (unpaired) electrons. The number of carboxylic acids is 3. The maximum absolute atomic E-state index is 9.00. The Hall–Kier alpha value is -1.18. The molecule has 0 spiro atoms. The number of rotatable bonds is 1. The monoisotopic (exact) mass is 298 g/mol. The van der Waals surface area contributed by atoms with E-state index in [1.54, 1.807) is 0 Å². The van der Waals surface area contributed by atoms with E-state index < -0.39 is 17.9 Å². The van der Waals surface area contributed by atoms with Crippen LogP contribution in [0.4, 0.5) is 0 Å². The van der Waals surface area contributed by atoms with Gasteiger partial charge in [0.15, 0.2) is 0 Å². The van der Waals surface area contributed by atoms with Crippen molar-refractivity contribution in [1.29, 1.82) is 0 Å². The van der Waals surface area contributed by atoms with E-state index >= 15 is 0 Å². The van der Waals surface area contributed by atoms with Crippen molar-refractivity contribution < 1.29 is 46.2 Å². The molecule has 0 aliphatic carbocycles. The van der Waals surface area contributed by atoms with Gasteiger partial charge in [0.05, 0.1) is 0 Å². The van der Waals surface area contributed by atoms with Gasteiger partial charge < -0.3 is 26.8 Å². The average Bonchev–Trinajstić information content (AvgIpc) is 2.00. The number of carboxylic acid groups (broad SMARTS) is 3. The Balaban J connectivity index is -0.0000000369. The first kappa shape index (κ1) is 29.7. The summed E-state index contributed by atoms with van der Waals surface area (Å²) in [5, 5.41) is 22.2. The third kappa shape index (κ3) is 78300. The van der Waals surface area contributed by atoms with Crippen molar-refractivity contribution in [2.24, 2.45) is 11.5 Å². The predicted octanol–water partition coefficient (Wildman–Crippen LogP) is -0.826. The zero-order chi connectivity index (χ0) is 14.1. The Morgan fingerprint density at radius 2 is 0.824 bits per heavy atom. The molecule has 0 saturated heterocycles. The van der Waals surface area contributed by atoms with Crippen LogP contribution < -0.4 is 11.5 Å². The van der Waals surface area contributed by atoms with Gasteiger partial charge in [-0.3, -0.25) is 14.4 Å². The molecule has 0 aromatic heterocycles. The van der Waals surface area contributed by atoms with E-state index in [9.17, 15) is 0 Å². The minimum Gasteiger partial charge on any atom is -0.481 e. The van der Waals surface area contributed by atoms with Gasteiger partial charge in [-0.05, 0) is 0 Å². The number of hydrogen-bond acceptors (Lipinski definition) is 5. The molecule has 108 valence electrons. The maximum atomic E-state index is 9.00. The minimum atomic E-state index is -0.833. The first-order valence-corrected chi connectivity index (χ1v) is 4.10. The molecule has 0 amide bonds. The molecule has 0 saturated carbocycles. The molecule has 0 aliphatic rings. The van der Waals surface area contributed by atoms with Crippen molar-refractivity contribution in [2.45, 2.75) is 20.8 Å². The summed E-state index contributed by atoms with van der Waals surface area (Å²) in [5.74, 6) is -2.50. The van der Waals surface area contributed by atoms with E-state index in [-0.39, 0.29) is 16.5 Å². The van der Waals surface area contributed by atoms with Crippen molar-refractivity contribution in [3.63, 3.8) is 0 Å². The second kappa shape index (κ2) is 29.4. The van der Waals surface area contributed by atoms with Crippen LogP contribution in [0.1, 0.15) is 20.8 Å². The second-order valence-corrected chi connectivity index (χ2v) is 2.13. The molecular formula is C8H20N2NiO6. The molecule has 0 aromatic carbocycles. The number of aliphatic carboxylic acids is 3. The van der Waals surface area contributed by atoms with E-state index in [1.165, 1.54) is 0 Å². The summed E-state index contributed by atoms with van der Waals surface area (Å²) in [7, 11) is 0. The van der Waals surface area contributed by atoms with Crippen molar-refractivity contribution >= 4 is 17.9 Å². The van der Waals surface area contributed by atoms with Crippen molar-refractivity contribution in [2.75, 3.05) is 13.1 Å². The van der Waals surface area contributed by atoms with E-state index in [2.05, 4.69) is 0 Å². The fraction of sp³-hybridized carbons (Fsp3) is 0.625. The summed E-state index contributed by atoms with van der Waals surface area (Å²) in [6, 6.07) is 0. The number of hydrogen-bond donors (Lipinski definition) is 5. The number of carbonyl (C=O) groups is 3. The van der Waals surface area contributed by atoms with Crippen molar-refractivity contribution in [3.05, 3.63) is 0 Å². The molecule has 9 heteroatoms. The molecule has 0 heterocycles. The normalized spacial score (nSPS) is 6.18. The predicted molar refractivity (Wildman–Crippen MR) is 58.0 cm³/mol. The van der Waals surface area contributed by atoms with Crippen LogP contribution in [0.2, 0.25) is 0 Å². The molecule has 0 aliphatic heterocycles. The van der Waals surface area contributed by atoms with Crippen LogP contribution in [-0.2, 0) is 30.9 Å². The van der Waals surface area contributed by atoms with Gasteiger partial charge in [0, 0.05) is 50.4 Å². The summed E-state index contributed by atoms with van der Waals surface area (Å²) in [4.78, 5) is 27.0. The van der Waals surface area contributed by atoms with Gasteiger partial charge in [0.25, 0.3) is 17.9 Å². The molecule has 17 heavy (non-hydrogen) atoms. The fourth-order valence-electron chi connectivity index (χ4n) is 0. The van der Waals surface area contributed by atoms with Crippen molar-refractivity contribution in [1.82, 2.24) is 0 Å². The number of nitrogens with two attached hydrogens (primary N) is 2. The summed E-state index contributed by atoms with van der Waals surface area (Å²) in [5.41, 5.74) is 9.81. The van der Waals surface area contributed by atoms with Gasteiger partial charge in [-0.2, -0.15) is 0 Å². The van der Waals surface area contributed by atoms with Gasteiger partial charge in [-0.15, -0.1) is 0 Å². The van der Waals surface area contributed by atoms with Crippen molar-refractivity contribution in [3.8, 4) is 0 Å². The summed E-state index contributed by atoms with van der Waals surface area (Å²) >= 11 is 0. The second-order valence-electron chi connectivity index (χ2n) is 2.13. The Morgan fingerprint density at radius 3 is 0.824 bits per heavy atom. The van der Waals surface area contributed by atoms with Crippen LogP contribution in [0.15, 0.2) is 0 Å². The third-order valence-corrected chi connectivity index (χ3v) is 0.167. The Morgan fingerprint density at radius 1 is 0.765 bits per heavy atom. The molecule has 0 atom stereocenters. The molecule has 8 nitrogen and oxygen atoms in total. The van der Waals surface area contributed by atoms with E-state index in [4.69, 9.17) is 41.2 Å². The van der Waals surface area contributed by atoms with Crippen LogP contribution in [-0.4, -0.2) is 46.3 Å². The van der Waals surface area contributed by atoms with E-state index in [0.29, 0.717) is 13.1 Å². The summed E-state index contributed by atoms with van der Waals surface area (Å²) in [6.07, 6.45) is 0. The summed E-state index contributed by atoms with van der Waals surface area (Å²) in [6.45, 7) is 4.44. The van der Waals surface area contributed by atoms with Gasteiger partial charge >= 0.3 is 0 Å². The SMILES string of the molecule is CC(=O)O.CC(=O)O.CC(=O)O.NCCN.[Ni]. The fourth-order valence-corrected chi connectivity index (χ4v) is 0. The van der Waals surface area contributed by atoms with E-state index in [0.717, 1.165) is 20.8 Å². The van der Waals surface area contributed by atoms with Crippen LogP contribution in [0.25, 0.3) is 0 Å². The molecule has 7 N–H and O–H groups in total. The van der Waals surface area contributed by atoms with Crippen LogP contribution in [0.5, 0.6) is 0 Å². The quantitative estimate of drug-likeness (QED) is 0.391. The topological polar surface area (TPSA) is 164 Å². The first-order valence-electron chi connectivity index (χ1n) is 4.10. The maximum Gasteiger partial charge on any atom is 0.300 e. The summed E-state index contributed by atoms with van der Waals surface area (Å²) < 4.78 is 0. The Bertz CT molecular complexity index is 146. The molecule has 0 fully saturated rings. The standard InChI is InChI=1S/C2H8N2.3C2H4O2.Ni/c3-1-2-4;3*1-2(3)4;/h1-4H2;3*1H3,(H,3,4);. The zero-order valence-corrected chi connectivity index (χ0v) is 10.9. The molecule has 0 unspecified atom stereocenters. The Labute approximate surface area is 110 Å². The van der Waals surface area contributed by atoms with Gasteiger partial charge in [-0.1, -0.05) is 0 Å². The average molecular weight is 299 g/mol. The Kier molecular flexibility index (Phi) is 51.2. The zero-order valence-electron chi connectivity index (χ0n) is 9.95. The van der Waals surface area contributed by atoms with Crippen LogP contribution in [0.3, 0.4) is 0 Å². The third-order valence-electron chi connectivity index (χ3n) is 0.167. The largest absolute Gasteiger partial charge is 0.481 e. The van der Waals surface area contributed by atoms with E-state index in [1.807, 2.05) is 0 Å². The molecule has 0 aromatic rings.